The summed E-state index contributed by atoms with van der Waals surface area (Å²) in [5.74, 6) is -2.29. The van der Waals surface area contributed by atoms with E-state index in [0.717, 1.165) is 12.1 Å². The van der Waals surface area contributed by atoms with E-state index in [9.17, 15) is 17.2 Å². The molecular formula is C11H12F2N4O2S. The summed E-state index contributed by atoms with van der Waals surface area (Å²) in [6, 6.07) is 1.64. The second-order valence-corrected chi connectivity index (χ2v) is 5.71. The third-order valence-electron chi connectivity index (χ3n) is 2.60. The number of aromatic nitrogens is 2. The highest BCUT2D eigenvalue weighted by Crippen LogP contribution is 2.22. The first-order valence-corrected chi connectivity index (χ1v) is 7.09. The summed E-state index contributed by atoms with van der Waals surface area (Å²) in [5, 5.41) is 0. The average molecular weight is 302 g/mol. The van der Waals surface area contributed by atoms with Crippen molar-refractivity contribution in [1.82, 2.24) is 14.3 Å². The second-order valence-electron chi connectivity index (χ2n) is 3.97. The number of benzene rings is 1. The number of hydrogen-bond acceptors (Lipinski definition) is 4. The molecule has 0 radical (unpaired) electrons. The Hall–Kier alpha value is -2.00. The van der Waals surface area contributed by atoms with Gasteiger partial charge in [0, 0.05) is 25.5 Å². The van der Waals surface area contributed by atoms with Gasteiger partial charge in [-0.1, -0.05) is 0 Å². The van der Waals surface area contributed by atoms with Gasteiger partial charge in [0.2, 0.25) is 10.0 Å². The first kappa shape index (κ1) is 14.4. The Labute approximate surface area is 114 Å². The van der Waals surface area contributed by atoms with Gasteiger partial charge in [0.1, 0.15) is 16.4 Å². The molecule has 0 saturated carbocycles. The smallest absolute Gasteiger partial charge is 0.243 e. The molecule has 0 fully saturated rings. The normalized spacial score (nSPS) is 11.7. The summed E-state index contributed by atoms with van der Waals surface area (Å²) < 4.78 is 54.3. The molecule has 6 nitrogen and oxygen atoms in total. The number of anilines is 1. The molecule has 1 heterocycles. The van der Waals surface area contributed by atoms with E-state index < -0.39 is 32.2 Å². The van der Waals surface area contributed by atoms with E-state index in [4.69, 9.17) is 5.73 Å². The van der Waals surface area contributed by atoms with Gasteiger partial charge >= 0.3 is 0 Å². The van der Waals surface area contributed by atoms with Gasteiger partial charge in [0.05, 0.1) is 6.33 Å². The molecule has 0 spiro atoms. The maximum absolute atomic E-state index is 13.7. The SMILES string of the molecule is Nc1c(F)ccc(S(=O)(=O)NCCn2ccnc2)c1F. The zero-order valence-electron chi connectivity index (χ0n) is 10.3. The number of rotatable bonds is 5. The van der Waals surface area contributed by atoms with Crippen molar-refractivity contribution >= 4 is 15.7 Å². The van der Waals surface area contributed by atoms with Crippen molar-refractivity contribution in [2.45, 2.75) is 11.4 Å². The van der Waals surface area contributed by atoms with Crippen LogP contribution in [0.2, 0.25) is 0 Å². The van der Waals surface area contributed by atoms with Gasteiger partial charge in [-0.25, -0.2) is 26.9 Å². The highest BCUT2D eigenvalue weighted by Gasteiger charge is 2.22. The van der Waals surface area contributed by atoms with Crippen LogP contribution in [-0.2, 0) is 16.6 Å². The number of imidazole rings is 1. The Morgan fingerprint density at radius 2 is 2.10 bits per heavy atom. The third-order valence-corrected chi connectivity index (χ3v) is 4.08. The van der Waals surface area contributed by atoms with Gasteiger partial charge < -0.3 is 10.3 Å². The van der Waals surface area contributed by atoms with Crippen LogP contribution in [-0.4, -0.2) is 24.5 Å². The molecule has 1 aromatic carbocycles. The summed E-state index contributed by atoms with van der Waals surface area (Å²) in [6.45, 7) is 0.368. The second kappa shape index (κ2) is 5.55. The average Bonchev–Trinajstić information content (AvgIpc) is 2.88. The largest absolute Gasteiger partial charge is 0.394 e. The predicted molar refractivity (Wildman–Crippen MR) is 68.2 cm³/mol. The minimum Gasteiger partial charge on any atom is -0.394 e. The summed E-state index contributed by atoms with van der Waals surface area (Å²) in [6.07, 6.45) is 4.73. The Balaban J connectivity index is 2.12. The molecule has 0 bridgehead atoms. The van der Waals surface area contributed by atoms with Crippen LogP contribution in [0, 0.1) is 11.6 Å². The van der Waals surface area contributed by atoms with Gasteiger partial charge in [0.15, 0.2) is 5.82 Å². The lowest BCUT2D eigenvalue weighted by molar-refractivity contribution is 0.544. The zero-order chi connectivity index (χ0) is 14.8. The monoisotopic (exact) mass is 302 g/mol. The van der Waals surface area contributed by atoms with Gasteiger partial charge in [-0.3, -0.25) is 0 Å². The quantitative estimate of drug-likeness (QED) is 0.796. The molecule has 9 heteroatoms. The molecule has 0 aliphatic rings. The van der Waals surface area contributed by atoms with Crippen molar-refractivity contribution in [3.05, 3.63) is 42.5 Å². The number of hydrogen-bond donors (Lipinski definition) is 2. The molecular weight excluding hydrogens is 290 g/mol. The van der Waals surface area contributed by atoms with Crippen molar-refractivity contribution in [2.75, 3.05) is 12.3 Å². The summed E-state index contributed by atoms with van der Waals surface area (Å²) >= 11 is 0. The Morgan fingerprint density at radius 3 is 2.75 bits per heavy atom. The van der Waals surface area contributed by atoms with E-state index in [-0.39, 0.29) is 6.54 Å². The third kappa shape index (κ3) is 2.94. The van der Waals surface area contributed by atoms with E-state index in [0.29, 0.717) is 6.54 Å². The van der Waals surface area contributed by atoms with Crippen molar-refractivity contribution in [3.63, 3.8) is 0 Å². The minimum atomic E-state index is -4.09. The van der Waals surface area contributed by atoms with Crippen molar-refractivity contribution in [3.8, 4) is 0 Å². The van der Waals surface area contributed by atoms with E-state index in [2.05, 4.69) is 9.71 Å². The molecule has 108 valence electrons. The van der Waals surface area contributed by atoms with E-state index in [1.807, 2.05) is 0 Å². The van der Waals surface area contributed by atoms with E-state index in [1.54, 1.807) is 17.0 Å². The van der Waals surface area contributed by atoms with Crippen LogP contribution < -0.4 is 10.5 Å². The lowest BCUT2D eigenvalue weighted by Crippen LogP contribution is -2.28. The van der Waals surface area contributed by atoms with Crippen LogP contribution >= 0.6 is 0 Å². The van der Waals surface area contributed by atoms with Gasteiger partial charge in [-0.15, -0.1) is 0 Å². The lowest BCUT2D eigenvalue weighted by Gasteiger charge is -2.09. The fourth-order valence-corrected chi connectivity index (χ4v) is 2.67. The molecule has 0 aliphatic carbocycles. The highest BCUT2D eigenvalue weighted by atomic mass is 32.2. The molecule has 0 aliphatic heterocycles. The van der Waals surface area contributed by atoms with Crippen LogP contribution in [0.25, 0.3) is 0 Å². The number of halogens is 2. The highest BCUT2D eigenvalue weighted by molar-refractivity contribution is 7.89. The van der Waals surface area contributed by atoms with Crippen LogP contribution in [0.15, 0.2) is 35.7 Å². The molecule has 0 saturated heterocycles. The van der Waals surface area contributed by atoms with Gasteiger partial charge in [-0.2, -0.15) is 0 Å². The van der Waals surface area contributed by atoms with Crippen LogP contribution in [0.5, 0.6) is 0 Å². The Bertz CT molecular complexity index is 701. The number of nitrogens with one attached hydrogen (secondary N) is 1. The van der Waals surface area contributed by atoms with Crippen LogP contribution in [0.3, 0.4) is 0 Å². The maximum atomic E-state index is 13.7. The molecule has 0 amide bonds. The number of nitrogens with two attached hydrogens (primary N) is 1. The summed E-state index contributed by atoms with van der Waals surface area (Å²) in [7, 11) is -4.09. The first-order chi connectivity index (χ1) is 9.42. The number of nitrogen functional groups attached to an aromatic ring is 1. The summed E-state index contributed by atoms with van der Waals surface area (Å²) in [4.78, 5) is 3.12. The van der Waals surface area contributed by atoms with Gasteiger partial charge in [0.25, 0.3) is 0 Å². The maximum Gasteiger partial charge on any atom is 0.243 e. The van der Waals surface area contributed by atoms with E-state index >= 15 is 0 Å². The first-order valence-electron chi connectivity index (χ1n) is 5.60. The molecule has 0 atom stereocenters. The molecule has 2 aromatic rings. The fourth-order valence-electron chi connectivity index (χ4n) is 1.56. The molecule has 2 rings (SSSR count). The Kier molecular flexibility index (Phi) is 4.00. The fraction of sp³-hybridized carbons (Fsp3) is 0.182. The number of sulfonamides is 1. The molecule has 3 N–H and O–H groups in total. The molecule has 0 unspecified atom stereocenters. The van der Waals surface area contributed by atoms with Crippen molar-refractivity contribution < 1.29 is 17.2 Å². The zero-order valence-corrected chi connectivity index (χ0v) is 11.1. The van der Waals surface area contributed by atoms with Crippen LogP contribution in [0.1, 0.15) is 0 Å². The molecule has 20 heavy (non-hydrogen) atoms. The standard InChI is InChI=1S/C11H12F2N4O2S/c12-8-1-2-9(10(13)11(8)14)20(18,19)16-4-6-17-5-3-15-7-17/h1-3,5,7,16H,4,6,14H2. The predicted octanol–water partition coefficient (Wildman–Crippen LogP) is 0.722. The van der Waals surface area contributed by atoms with Crippen molar-refractivity contribution in [1.29, 1.82) is 0 Å². The number of nitrogens with zero attached hydrogens (tertiary/aromatic N) is 2. The lowest BCUT2D eigenvalue weighted by atomic mass is 10.3. The Morgan fingerprint density at radius 1 is 1.35 bits per heavy atom. The van der Waals surface area contributed by atoms with E-state index in [1.165, 1.54) is 6.33 Å². The molecule has 1 aromatic heterocycles. The van der Waals surface area contributed by atoms with Crippen molar-refractivity contribution in [2.24, 2.45) is 0 Å². The minimum absolute atomic E-state index is 0.0371. The summed E-state index contributed by atoms with van der Waals surface area (Å²) in [5.41, 5.74) is 4.31. The topological polar surface area (TPSA) is 90.0 Å². The van der Waals surface area contributed by atoms with Gasteiger partial charge in [-0.05, 0) is 12.1 Å². The van der Waals surface area contributed by atoms with Crippen LogP contribution in [0.4, 0.5) is 14.5 Å².